The zero-order valence-corrected chi connectivity index (χ0v) is 19.7. The Hall–Kier alpha value is -3.21. The van der Waals surface area contributed by atoms with Crippen molar-refractivity contribution in [1.29, 1.82) is 0 Å². The summed E-state index contributed by atoms with van der Waals surface area (Å²) in [6.07, 6.45) is 7.03. The molecule has 0 spiro atoms. The Balaban J connectivity index is 0.000000492. The van der Waals surface area contributed by atoms with Gasteiger partial charge in [-0.25, -0.2) is 14.8 Å². The predicted molar refractivity (Wildman–Crippen MR) is 125 cm³/mol. The number of esters is 1. The molecular formula is C23H33N5O6. The van der Waals surface area contributed by atoms with E-state index in [1.807, 2.05) is 0 Å². The van der Waals surface area contributed by atoms with Gasteiger partial charge in [-0.15, -0.1) is 0 Å². The number of hydrogen-bond acceptors (Lipinski definition) is 8. The van der Waals surface area contributed by atoms with E-state index in [1.165, 1.54) is 45.9 Å². The summed E-state index contributed by atoms with van der Waals surface area (Å²) >= 11 is 0. The quantitative estimate of drug-likeness (QED) is 0.500. The maximum Gasteiger partial charge on any atom is 0.339 e. The first-order valence-corrected chi connectivity index (χ1v) is 11.6. The van der Waals surface area contributed by atoms with Crippen molar-refractivity contribution in [2.24, 2.45) is 11.8 Å². The summed E-state index contributed by atoms with van der Waals surface area (Å²) < 4.78 is 7.03. The van der Waals surface area contributed by atoms with Gasteiger partial charge in [0.25, 0.3) is 12.9 Å². The van der Waals surface area contributed by atoms with E-state index in [0.29, 0.717) is 5.56 Å². The average molecular weight is 476 g/mol. The summed E-state index contributed by atoms with van der Waals surface area (Å²) in [6.45, 7) is 7.10. The fourth-order valence-corrected chi connectivity index (χ4v) is 5.69. The van der Waals surface area contributed by atoms with Crippen LogP contribution in [0.5, 0.6) is 0 Å². The number of anilines is 1. The molecule has 2 N–H and O–H groups in total. The van der Waals surface area contributed by atoms with E-state index in [4.69, 9.17) is 29.5 Å². The van der Waals surface area contributed by atoms with E-state index < -0.39 is 0 Å². The van der Waals surface area contributed by atoms with E-state index in [1.54, 1.807) is 12.3 Å². The van der Waals surface area contributed by atoms with Crippen LogP contribution in [0.2, 0.25) is 0 Å². The number of piperidine rings is 3. The molecule has 2 bridgehead atoms. The van der Waals surface area contributed by atoms with E-state index in [9.17, 15) is 4.79 Å². The van der Waals surface area contributed by atoms with Gasteiger partial charge < -0.3 is 19.8 Å². The molecule has 0 unspecified atom stereocenters. The molecule has 5 rings (SSSR count). The zero-order chi connectivity index (χ0) is 24.7. The number of pyridine rings is 1. The Morgan fingerprint density at radius 3 is 2.62 bits per heavy atom. The van der Waals surface area contributed by atoms with E-state index >= 15 is 0 Å². The van der Waals surface area contributed by atoms with Gasteiger partial charge in [-0.3, -0.25) is 19.1 Å². The third-order valence-electron chi connectivity index (χ3n) is 6.86. The Morgan fingerprint density at radius 1 is 1.21 bits per heavy atom. The van der Waals surface area contributed by atoms with Gasteiger partial charge in [0.05, 0.1) is 12.7 Å². The fourth-order valence-electron chi connectivity index (χ4n) is 5.69. The highest BCUT2D eigenvalue weighted by Crippen LogP contribution is 2.39. The maximum absolute atomic E-state index is 11.9. The highest BCUT2D eigenvalue weighted by Gasteiger charge is 2.42. The molecule has 3 atom stereocenters. The third kappa shape index (κ3) is 5.30. The molecule has 0 aliphatic carbocycles. The second-order valence-electron chi connectivity index (χ2n) is 8.75. The molecule has 186 valence electrons. The summed E-state index contributed by atoms with van der Waals surface area (Å²) in [4.78, 5) is 43.3. The lowest BCUT2D eigenvalue weighted by Crippen LogP contribution is -2.59. The number of ether oxygens (including phenoxy) is 1. The van der Waals surface area contributed by atoms with Gasteiger partial charge in [0.2, 0.25) is 5.95 Å². The number of imidazole rings is 1. The Bertz CT molecular complexity index is 990. The molecule has 0 radical (unpaired) electrons. The number of hydrogen-bond donors (Lipinski definition) is 2. The van der Waals surface area contributed by atoms with Gasteiger partial charge >= 0.3 is 5.97 Å². The number of methoxy groups -OCH3 is 1. The van der Waals surface area contributed by atoms with Crippen molar-refractivity contribution in [3.8, 4) is 0 Å². The summed E-state index contributed by atoms with van der Waals surface area (Å²) in [7, 11) is 1.39. The average Bonchev–Trinajstić information content (AvgIpc) is 3.22. The summed E-state index contributed by atoms with van der Waals surface area (Å²) in [6, 6.07) is 2.55. The SMILES string of the molecule is CCn1c(N2C[C@@H]3C[C@H](C2)[C@@H]2CCCCN2C3)nc2cc(C(=O)OC)cnc21.O=CO.O=CO. The molecular weight excluding hydrogens is 442 g/mol. The first-order valence-electron chi connectivity index (χ1n) is 11.6. The third-order valence-corrected chi connectivity index (χ3v) is 6.86. The minimum Gasteiger partial charge on any atom is -0.483 e. The first kappa shape index (κ1) is 25.4. The van der Waals surface area contributed by atoms with Crippen LogP contribution in [0.25, 0.3) is 11.2 Å². The topological polar surface area (TPSA) is 138 Å². The molecule has 34 heavy (non-hydrogen) atoms. The van der Waals surface area contributed by atoms with Crippen LogP contribution >= 0.6 is 0 Å². The minimum absolute atomic E-state index is 0.250. The van der Waals surface area contributed by atoms with Crippen LogP contribution in [0.4, 0.5) is 5.95 Å². The van der Waals surface area contributed by atoms with Gasteiger partial charge in [-0.05, 0) is 50.6 Å². The highest BCUT2D eigenvalue weighted by atomic mass is 16.5. The van der Waals surface area contributed by atoms with Crippen LogP contribution in [-0.4, -0.2) is 87.9 Å². The van der Waals surface area contributed by atoms with Crippen LogP contribution in [-0.2, 0) is 20.9 Å². The van der Waals surface area contributed by atoms with E-state index in [2.05, 4.69) is 26.3 Å². The molecule has 3 aliphatic heterocycles. The molecule has 0 aromatic carbocycles. The molecule has 0 amide bonds. The molecule has 2 aromatic rings. The second-order valence-corrected chi connectivity index (χ2v) is 8.75. The zero-order valence-electron chi connectivity index (χ0n) is 19.7. The standard InChI is InChI=1S/C21H29N5O2.2CH2O2/c1-3-26-19-17(9-15(10-22-19)20(27)28-2)23-21(26)25-12-14-8-16(13-25)18-6-4-5-7-24(18)11-14;2*2-1-3/h9-10,14,16,18H,3-8,11-13H2,1-2H3;2*1H,(H,2,3)/t14-,16-,18+;;/m1../s1. The van der Waals surface area contributed by atoms with Crippen LogP contribution in [0, 0.1) is 11.8 Å². The molecule has 11 heteroatoms. The Morgan fingerprint density at radius 2 is 1.94 bits per heavy atom. The summed E-state index contributed by atoms with van der Waals surface area (Å²) in [5.41, 5.74) is 2.07. The lowest BCUT2D eigenvalue weighted by molar-refractivity contribution is -0.123. The lowest BCUT2D eigenvalue weighted by atomic mass is 9.76. The second kappa shape index (κ2) is 11.8. The Labute approximate surface area is 198 Å². The molecule has 2 aromatic heterocycles. The molecule has 3 fully saturated rings. The largest absolute Gasteiger partial charge is 0.483 e. The van der Waals surface area contributed by atoms with E-state index in [0.717, 1.165) is 54.6 Å². The van der Waals surface area contributed by atoms with Crippen molar-refractivity contribution >= 4 is 36.0 Å². The number of fused-ring (bicyclic) bond motifs is 5. The van der Waals surface area contributed by atoms with Crippen LogP contribution < -0.4 is 4.90 Å². The predicted octanol–water partition coefficient (Wildman–Crippen LogP) is 1.95. The Kier molecular flexibility index (Phi) is 8.80. The maximum atomic E-state index is 11.9. The van der Waals surface area contributed by atoms with E-state index in [-0.39, 0.29) is 18.9 Å². The first-order chi connectivity index (χ1) is 16.5. The van der Waals surface area contributed by atoms with Gasteiger partial charge in [0.15, 0.2) is 5.65 Å². The molecule has 11 nitrogen and oxygen atoms in total. The van der Waals surface area contributed by atoms with Gasteiger partial charge in [-0.2, -0.15) is 0 Å². The van der Waals surface area contributed by atoms with Gasteiger partial charge in [-0.1, -0.05) is 6.42 Å². The number of aryl methyl sites for hydroxylation is 1. The number of carboxylic acid groups (broad SMARTS) is 2. The highest BCUT2D eigenvalue weighted by molar-refractivity contribution is 5.92. The number of rotatable bonds is 3. The lowest BCUT2D eigenvalue weighted by Gasteiger charge is -2.52. The van der Waals surface area contributed by atoms with Gasteiger partial charge in [0, 0.05) is 38.4 Å². The summed E-state index contributed by atoms with van der Waals surface area (Å²) in [5.74, 6) is 2.09. The molecule has 5 heterocycles. The van der Waals surface area contributed by atoms with Crippen LogP contribution in [0.1, 0.15) is 43.0 Å². The van der Waals surface area contributed by atoms with Crippen molar-refractivity contribution in [2.75, 3.05) is 38.2 Å². The van der Waals surface area contributed by atoms with Gasteiger partial charge in [0.1, 0.15) is 5.52 Å². The number of aromatic nitrogens is 3. The molecule has 3 aliphatic rings. The molecule has 3 saturated heterocycles. The monoisotopic (exact) mass is 475 g/mol. The van der Waals surface area contributed by atoms with Crippen molar-refractivity contribution in [1.82, 2.24) is 19.4 Å². The summed E-state index contributed by atoms with van der Waals surface area (Å²) in [5, 5.41) is 13.8. The minimum atomic E-state index is -0.369. The molecule has 0 saturated carbocycles. The fraction of sp³-hybridized carbons (Fsp3) is 0.609. The normalized spacial score (nSPS) is 23.5. The number of carbonyl (C=O) groups is 3. The number of nitrogens with zero attached hydrogens (tertiary/aromatic N) is 5. The van der Waals surface area contributed by atoms with Crippen molar-refractivity contribution < 1.29 is 29.3 Å². The smallest absolute Gasteiger partial charge is 0.339 e. The van der Waals surface area contributed by atoms with Crippen molar-refractivity contribution in [2.45, 2.75) is 45.2 Å². The van der Waals surface area contributed by atoms with Crippen LogP contribution in [0.3, 0.4) is 0 Å². The van der Waals surface area contributed by atoms with Crippen molar-refractivity contribution in [3.05, 3.63) is 17.8 Å². The number of carbonyl (C=O) groups excluding carboxylic acids is 1. The van der Waals surface area contributed by atoms with Crippen molar-refractivity contribution in [3.63, 3.8) is 0 Å². The van der Waals surface area contributed by atoms with Crippen LogP contribution in [0.15, 0.2) is 12.3 Å².